The van der Waals surface area contributed by atoms with Gasteiger partial charge in [-0.1, -0.05) is 42.5 Å². The molecule has 0 aliphatic carbocycles. The molecule has 146 valence electrons. The van der Waals surface area contributed by atoms with Crippen molar-refractivity contribution in [2.24, 2.45) is 0 Å². The van der Waals surface area contributed by atoms with Crippen LogP contribution in [-0.2, 0) is 14.8 Å². The van der Waals surface area contributed by atoms with Crippen LogP contribution in [0.25, 0.3) is 0 Å². The maximum absolute atomic E-state index is 12.3. The van der Waals surface area contributed by atoms with E-state index in [1.54, 1.807) is 6.07 Å². The van der Waals surface area contributed by atoms with Crippen molar-refractivity contribution in [1.29, 1.82) is 0 Å². The number of carbonyl (C=O) groups is 1. The Balaban J connectivity index is 1.96. The van der Waals surface area contributed by atoms with E-state index in [1.165, 1.54) is 10.6 Å². The van der Waals surface area contributed by atoms with Crippen LogP contribution in [0.3, 0.4) is 0 Å². The smallest absolute Gasteiger partial charge is 0.232 e. The third kappa shape index (κ3) is 5.82. The van der Waals surface area contributed by atoms with Crippen LogP contribution >= 0.6 is 0 Å². The van der Waals surface area contributed by atoms with Crippen molar-refractivity contribution in [3.05, 3.63) is 65.2 Å². The molecular weight excluding hydrogens is 360 g/mol. The van der Waals surface area contributed by atoms with Gasteiger partial charge in [0, 0.05) is 13.0 Å². The number of hydrogen-bond donors (Lipinski definition) is 1. The highest BCUT2D eigenvalue weighted by atomic mass is 32.2. The molecule has 0 radical (unpaired) electrons. The van der Waals surface area contributed by atoms with E-state index in [0.29, 0.717) is 12.1 Å². The molecule has 0 fully saturated rings. The van der Waals surface area contributed by atoms with E-state index in [1.807, 2.05) is 63.2 Å². The standard InChI is InChI=1S/C21H28N2O3S/c1-16-10-5-7-12-19(16)18(3)22-21(24)14-9-15-23(27(4,25)26)20-13-8-6-11-17(20)2/h5-8,10-13,18H,9,14-15H2,1-4H3,(H,22,24). The number of nitrogens with one attached hydrogen (secondary N) is 1. The molecule has 2 rings (SSSR count). The Morgan fingerprint density at radius 3 is 2.22 bits per heavy atom. The summed E-state index contributed by atoms with van der Waals surface area (Å²) >= 11 is 0. The lowest BCUT2D eigenvalue weighted by atomic mass is 10.0. The van der Waals surface area contributed by atoms with Gasteiger partial charge in [0.15, 0.2) is 0 Å². The fourth-order valence-corrected chi connectivity index (χ4v) is 4.18. The van der Waals surface area contributed by atoms with Gasteiger partial charge in [-0.15, -0.1) is 0 Å². The van der Waals surface area contributed by atoms with Gasteiger partial charge in [-0.25, -0.2) is 8.42 Å². The van der Waals surface area contributed by atoms with Crippen LogP contribution in [0.4, 0.5) is 5.69 Å². The van der Waals surface area contributed by atoms with Gasteiger partial charge in [0.1, 0.15) is 0 Å². The molecule has 2 aromatic carbocycles. The van der Waals surface area contributed by atoms with Gasteiger partial charge >= 0.3 is 0 Å². The molecular formula is C21H28N2O3S. The minimum absolute atomic E-state index is 0.0796. The number of para-hydroxylation sites is 1. The van der Waals surface area contributed by atoms with E-state index < -0.39 is 10.0 Å². The first-order valence-electron chi connectivity index (χ1n) is 9.08. The number of anilines is 1. The van der Waals surface area contributed by atoms with Gasteiger partial charge in [-0.2, -0.15) is 0 Å². The largest absolute Gasteiger partial charge is 0.350 e. The number of benzene rings is 2. The average molecular weight is 389 g/mol. The molecule has 5 nitrogen and oxygen atoms in total. The lowest BCUT2D eigenvalue weighted by molar-refractivity contribution is -0.121. The van der Waals surface area contributed by atoms with Gasteiger partial charge < -0.3 is 5.32 Å². The summed E-state index contributed by atoms with van der Waals surface area (Å²) in [7, 11) is -3.41. The molecule has 1 atom stereocenters. The summed E-state index contributed by atoms with van der Waals surface area (Å²) in [6, 6.07) is 15.2. The minimum atomic E-state index is -3.41. The zero-order valence-corrected chi connectivity index (χ0v) is 17.2. The van der Waals surface area contributed by atoms with Crippen molar-refractivity contribution >= 4 is 21.6 Å². The summed E-state index contributed by atoms with van der Waals surface area (Å²) in [6.07, 6.45) is 1.92. The molecule has 0 aromatic heterocycles. The Morgan fingerprint density at radius 1 is 1.04 bits per heavy atom. The van der Waals surface area contributed by atoms with Crippen LogP contribution in [0.5, 0.6) is 0 Å². The first-order chi connectivity index (χ1) is 12.7. The monoisotopic (exact) mass is 388 g/mol. The van der Waals surface area contributed by atoms with Gasteiger partial charge in [-0.3, -0.25) is 9.10 Å². The van der Waals surface area contributed by atoms with Crippen molar-refractivity contribution in [2.75, 3.05) is 17.1 Å². The van der Waals surface area contributed by atoms with E-state index in [4.69, 9.17) is 0 Å². The molecule has 2 aromatic rings. The molecule has 1 N–H and O–H groups in total. The molecule has 0 bridgehead atoms. The Morgan fingerprint density at radius 2 is 1.63 bits per heavy atom. The van der Waals surface area contributed by atoms with Crippen LogP contribution in [0.1, 0.15) is 42.5 Å². The summed E-state index contributed by atoms with van der Waals surface area (Å²) in [5, 5.41) is 2.99. The lowest BCUT2D eigenvalue weighted by Crippen LogP contribution is -2.33. The summed E-state index contributed by atoms with van der Waals surface area (Å²) in [4.78, 5) is 12.3. The normalized spacial score (nSPS) is 12.4. The molecule has 0 saturated carbocycles. The van der Waals surface area contributed by atoms with Crippen LogP contribution in [-0.4, -0.2) is 27.1 Å². The first kappa shape index (κ1) is 21.0. The molecule has 0 aliphatic rings. The third-order valence-electron chi connectivity index (χ3n) is 4.58. The number of sulfonamides is 1. The highest BCUT2D eigenvalue weighted by molar-refractivity contribution is 7.92. The van der Waals surface area contributed by atoms with E-state index in [2.05, 4.69) is 5.32 Å². The fraction of sp³-hybridized carbons (Fsp3) is 0.381. The second-order valence-electron chi connectivity index (χ2n) is 6.87. The Kier molecular flexibility index (Phi) is 7.02. The number of hydrogen-bond acceptors (Lipinski definition) is 3. The number of rotatable bonds is 8. The molecule has 0 heterocycles. The van der Waals surface area contributed by atoms with Crippen molar-refractivity contribution in [3.8, 4) is 0 Å². The van der Waals surface area contributed by atoms with Crippen molar-refractivity contribution < 1.29 is 13.2 Å². The SMILES string of the molecule is Cc1ccccc1C(C)NC(=O)CCCN(c1ccccc1C)S(C)(=O)=O. The molecule has 0 saturated heterocycles. The number of aryl methyl sites for hydroxylation is 2. The Hall–Kier alpha value is -2.34. The summed E-state index contributed by atoms with van der Waals surface area (Å²) in [5.74, 6) is -0.0796. The molecule has 0 spiro atoms. The molecule has 0 aliphatic heterocycles. The van der Waals surface area contributed by atoms with Crippen molar-refractivity contribution in [1.82, 2.24) is 5.32 Å². The molecule has 1 amide bonds. The van der Waals surface area contributed by atoms with E-state index in [0.717, 1.165) is 16.7 Å². The number of nitrogens with zero attached hydrogens (tertiary/aromatic N) is 1. The quantitative estimate of drug-likeness (QED) is 0.749. The Labute approximate surface area is 162 Å². The molecule has 1 unspecified atom stereocenters. The summed E-state index contributed by atoms with van der Waals surface area (Å²) < 4.78 is 25.7. The van der Waals surface area contributed by atoms with Crippen LogP contribution in [0.2, 0.25) is 0 Å². The van der Waals surface area contributed by atoms with Crippen molar-refractivity contribution in [3.63, 3.8) is 0 Å². The van der Waals surface area contributed by atoms with Gasteiger partial charge in [-0.05, 0) is 49.9 Å². The van der Waals surface area contributed by atoms with Gasteiger partial charge in [0.25, 0.3) is 0 Å². The van der Waals surface area contributed by atoms with E-state index >= 15 is 0 Å². The van der Waals surface area contributed by atoms with Gasteiger partial charge in [0.2, 0.25) is 15.9 Å². The van der Waals surface area contributed by atoms with Gasteiger partial charge in [0.05, 0.1) is 18.0 Å². The second kappa shape index (κ2) is 9.04. The zero-order valence-electron chi connectivity index (χ0n) is 16.4. The van der Waals surface area contributed by atoms with Crippen molar-refractivity contribution in [2.45, 2.75) is 39.7 Å². The third-order valence-corrected chi connectivity index (χ3v) is 5.76. The topological polar surface area (TPSA) is 66.5 Å². The average Bonchev–Trinajstić information content (AvgIpc) is 2.59. The fourth-order valence-electron chi connectivity index (χ4n) is 3.16. The van der Waals surface area contributed by atoms with E-state index in [9.17, 15) is 13.2 Å². The highest BCUT2D eigenvalue weighted by Crippen LogP contribution is 2.22. The zero-order chi connectivity index (χ0) is 20.0. The summed E-state index contributed by atoms with van der Waals surface area (Å²) in [6.45, 7) is 6.13. The number of amides is 1. The lowest BCUT2D eigenvalue weighted by Gasteiger charge is -2.24. The predicted octanol–water partition coefficient (Wildman–Crippen LogP) is 3.73. The first-order valence-corrected chi connectivity index (χ1v) is 10.9. The van der Waals surface area contributed by atoms with Crippen LogP contribution < -0.4 is 9.62 Å². The van der Waals surface area contributed by atoms with Crippen LogP contribution in [0, 0.1) is 13.8 Å². The Bertz CT molecular complexity index is 894. The highest BCUT2D eigenvalue weighted by Gasteiger charge is 2.19. The molecule has 6 heteroatoms. The second-order valence-corrected chi connectivity index (χ2v) is 8.78. The molecule has 27 heavy (non-hydrogen) atoms. The van der Waals surface area contributed by atoms with E-state index in [-0.39, 0.29) is 24.9 Å². The minimum Gasteiger partial charge on any atom is -0.350 e. The maximum Gasteiger partial charge on any atom is 0.232 e. The maximum atomic E-state index is 12.3. The van der Waals surface area contributed by atoms with Crippen LogP contribution in [0.15, 0.2) is 48.5 Å². The predicted molar refractivity (Wildman–Crippen MR) is 110 cm³/mol. The number of carbonyl (C=O) groups excluding carboxylic acids is 1. The summed E-state index contributed by atoms with van der Waals surface area (Å²) in [5.41, 5.74) is 3.77.